The molecule has 0 amide bonds. The Kier molecular flexibility index (Phi) is 3.46. The minimum absolute atomic E-state index is 0.132. The third-order valence-corrected chi connectivity index (χ3v) is 2.27. The number of nitrogens with two attached hydrogens (primary N) is 1. The van der Waals surface area contributed by atoms with Crippen molar-refractivity contribution >= 4 is 0 Å². The normalized spacial score (nSPS) is 15.4. The quantitative estimate of drug-likeness (QED) is 0.738. The van der Waals surface area contributed by atoms with Gasteiger partial charge in [0.05, 0.1) is 0 Å². The van der Waals surface area contributed by atoms with Crippen LogP contribution in [0.2, 0.25) is 0 Å². The zero-order valence-electron chi connectivity index (χ0n) is 8.54. The summed E-state index contributed by atoms with van der Waals surface area (Å²) >= 11 is 0. The van der Waals surface area contributed by atoms with E-state index in [0.717, 1.165) is 0 Å². The second kappa shape index (κ2) is 4.40. The topological polar surface area (TPSA) is 38.0 Å². The molecule has 0 saturated heterocycles. The molecule has 0 spiro atoms. The first-order valence-corrected chi connectivity index (χ1v) is 4.64. The second-order valence-electron chi connectivity index (χ2n) is 3.54. The zero-order valence-corrected chi connectivity index (χ0v) is 8.54. The Morgan fingerprint density at radius 1 is 1.23 bits per heavy atom. The van der Waals surface area contributed by atoms with Gasteiger partial charge in [-0.3, -0.25) is 0 Å². The third-order valence-electron chi connectivity index (χ3n) is 2.27. The standard InChI is InChI=1S/C11H18N2/c1-8-4-6-10(7-5-8)11(13-3)9(2)12/h4-7,9,11,13H,12H2,1-3H3. The fraction of sp³-hybridized carbons (Fsp3) is 0.455. The average Bonchev–Trinajstić information content (AvgIpc) is 2.09. The lowest BCUT2D eigenvalue weighted by atomic mass is 10.0. The average molecular weight is 178 g/mol. The van der Waals surface area contributed by atoms with E-state index in [1.807, 2.05) is 14.0 Å². The molecule has 0 aliphatic carbocycles. The molecule has 2 atom stereocenters. The molecule has 0 bridgehead atoms. The van der Waals surface area contributed by atoms with Crippen molar-refractivity contribution in [3.8, 4) is 0 Å². The van der Waals surface area contributed by atoms with E-state index in [0.29, 0.717) is 0 Å². The summed E-state index contributed by atoms with van der Waals surface area (Å²) in [6.45, 7) is 4.10. The molecule has 2 unspecified atom stereocenters. The van der Waals surface area contributed by atoms with Gasteiger partial charge in [0.2, 0.25) is 0 Å². The predicted octanol–water partition coefficient (Wildman–Crippen LogP) is 1.60. The summed E-state index contributed by atoms with van der Waals surface area (Å²) in [5, 5.41) is 3.21. The molecular weight excluding hydrogens is 160 g/mol. The summed E-state index contributed by atoms with van der Waals surface area (Å²) < 4.78 is 0. The monoisotopic (exact) mass is 178 g/mol. The Morgan fingerprint density at radius 3 is 2.15 bits per heavy atom. The van der Waals surface area contributed by atoms with Crippen LogP contribution >= 0.6 is 0 Å². The van der Waals surface area contributed by atoms with Gasteiger partial charge >= 0.3 is 0 Å². The Labute approximate surface area is 80.1 Å². The van der Waals surface area contributed by atoms with Crippen molar-refractivity contribution in [2.24, 2.45) is 5.73 Å². The van der Waals surface area contributed by atoms with Crippen LogP contribution in [0.3, 0.4) is 0 Å². The first kappa shape index (κ1) is 10.2. The van der Waals surface area contributed by atoms with Crippen LogP contribution in [0.1, 0.15) is 24.1 Å². The summed E-state index contributed by atoms with van der Waals surface area (Å²) in [5.74, 6) is 0. The minimum atomic E-state index is 0.132. The molecule has 1 rings (SSSR count). The lowest BCUT2D eigenvalue weighted by Gasteiger charge is -2.20. The molecule has 0 aromatic heterocycles. The Hall–Kier alpha value is -0.860. The maximum absolute atomic E-state index is 5.85. The lowest BCUT2D eigenvalue weighted by Crippen LogP contribution is -2.33. The van der Waals surface area contributed by atoms with Gasteiger partial charge in [-0.15, -0.1) is 0 Å². The first-order valence-electron chi connectivity index (χ1n) is 4.64. The fourth-order valence-corrected chi connectivity index (χ4v) is 1.51. The SMILES string of the molecule is CNC(c1ccc(C)cc1)C(C)N. The van der Waals surface area contributed by atoms with Gasteiger partial charge in [-0.1, -0.05) is 29.8 Å². The molecule has 2 nitrogen and oxygen atoms in total. The van der Waals surface area contributed by atoms with E-state index >= 15 is 0 Å². The predicted molar refractivity (Wildman–Crippen MR) is 56.6 cm³/mol. The first-order chi connectivity index (χ1) is 6.15. The van der Waals surface area contributed by atoms with Crippen LogP contribution < -0.4 is 11.1 Å². The number of hydrogen-bond donors (Lipinski definition) is 2. The summed E-state index contributed by atoms with van der Waals surface area (Å²) in [6.07, 6.45) is 0. The van der Waals surface area contributed by atoms with Crippen LogP contribution in [0.25, 0.3) is 0 Å². The smallest absolute Gasteiger partial charge is 0.0468 e. The number of aryl methyl sites for hydroxylation is 1. The number of hydrogen-bond acceptors (Lipinski definition) is 2. The van der Waals surface area contributed by atoms with E-state index in [9.17, 15) is 0 Å². The molecule has 0 aliphatic rings. The molecule has 3 N–H and O–H groups in total. The van der Waals surface area contributed by atoms with Crippen LogP contribution in [-0.2, 0) is 0 Å². The van der Waals surface area contributed by atoms with E-state index in [2.05, 4.69) is 36.5 Å². The number of rotatable bonds is 3. The molecule has 72 valence electrons. The molecular formula is C11H18N2. The van der Waals surface area contributed by atoms with Gasteiger partial charge in [0.25, 0.3) is 0 Å². The molecule has 0 radical (unpaired) electrons. The summed E-state index contributed by atoms with van der Waals surface area (Å²) in [7, 11) is 1.94. The highest BCUT2D eigenvalue weighted by Crippen LogP contribution is 2.15. The van der Waals surface area contributed by atoms with Crippen LogP contribution in [0.4, 0.5) is 0 Å². The van der Waals surface area contributed by atoms with Gasteiger partial charge in [0.1, 0.15) is 0 Å². The van der Waals surface area contributed by atoms with Crippen molar-refractivity contribution < 1.29 is 0 Å². The van der Waals surface area contributed by atoms with Crippen LogP contribution in [-0.4, -0.2) is 13.1 Å². The fourth-order valence-electron chi connectivity index (χ4n) is 1.51. The van der Waals surface area contributed by atoms with Crippen molar-refractivity contribution in [2.75, 3.05) is 7.05 Å². The highest BCUT2D eigenvalue weighted by Gasteiger charge is 2.12. The summed E-state index contributed by atoms with van der Waals surface area (Å²) in [5.41, 5.74) is 8.39. The molecule has 1 aromatic carbocycles. The van der Waals surface area contributed by atoms with Crippen LogP contribution in [0, 0.1) is 6.92 Å². The van der Waals surface area contributed by atoms with Gasteiger partial charge in [0, 0.05) is 12.1 Å². The Bertz CT molecular complexity index is 251. The summed E-state index contributed by atoms with van der Waals surface area (Å²) in [6, 6.07) is 8.86. The van der Waals surface area contributed by atoms with E-state index in [-0.39, 0.29) is 12.1 Å². The van der Waals surface area contributed by atoms with Crippen molar-refractivity contribution in [2.45, 2.75) is 25.9 Å². The van der Waals surface area contributed by atoms with Crippen molar-refractivity contribution in [3.63, 3.8) is 0 Å². The van der Waals surface area contributed by atoms with E-state index in [1.165, 1.54) is 11.1 Å². The maximum Gasteiger partial charge on any atom is 0.0468 e. The van der Waals surface area contributed by atoms with E-state index in [4.69, 9.17) is 5.73 Å². The van der Waals surface area contributed by atoms with E-state index in [1.54, 1.807) is 0 Å². The highest BCUT2D eigenvalue weighted by molar-refractivity contribution is 5.24. The van der Waals surface area contributed by atoms with Gasteiger partial charge < -0.3 is 11.1 Å². The Morgan fingerprint density at radius 2 is 1.77 bits per heavy atom. The molecule has 13 heavy (non-hydrogen) atoms. The molecule has 1 aromatic rings. The van der Waals surface area contributed by atoms with Gasteiger partial charge in [-0.25, -0.2) is 0 Å². The zero-order chi connectivity index (χ0) is 9.84. The number of nitrogens with one attached hydrogen (secondary N) is 1. The Balaban J connectivity index is 2.86. The van der Waals surface area contributed by atoms with Crippen molar-refractivity contribution in [1.29, 1.82) is 0 Å². The molecule has 2 heteroatoms. The number of benzene rings is 1. The van der Waals surface area contributed by atoms with Gasteiger partial charge in [0.15, 0.2) is 0 Å². The lowest BCUT2D eigenvalue weighted by molar-refractivity contribution is 0.504. The van der Waals surface area contributed by atoms with Crippen LogP contribution in [0.5, 0.6) is 0 Å². The molecule has 0 heterocycles. The number of likely N-dealkylation sites (N-methyl/N-ethyl adjacent to an activating group) is 1. The molecule has 0 aliphatic heterocycles. The maximum atomic E-state index is 5.85. The molecule has 0 fully saturated rings. The largest absolute Gasteiger partial charge is 0.326 e. The van der Waals surface area contributed by atoms with Crippen LogP contribution in [0.15, 0.2) is 24.3 Å². The highest BCUT2D eigenvalue weighted by atomic mass is 14.9. The molecule has 0 saturated carbocycles. The third kappa shape index (κ3) is 2.54. The minimum Gasteiger partial charge on any atom is -0.326 e. The second-order valence-corrected chi connectivity index (χ2v) is 3.54. The van der Waals surface area contributed by atoms with Gasteiger partial charge in [-0.2, -0.15) is 0 Å². The van der Waals surface area contributed by atoms with Crippen molar-refractivity contribution in [3.05, 3.63) is 35.4 Å². The summed E-state index contributed by atoms with van der Waals surface area (Å²) in [4.78, 5) is 0. The van der Waals surface area contributed by atoms with Gasteiger partial charge in [-0.05, 0) is 26.5 Å². The van der Waals surface area contributed by atoms with E-state index < -0.39 is 0 Å². The van der Waals surface area contributed by atoms with Crippen molar-refractivity contribution in [1.82, 2.24) is 5.32 Å².